The largest absolute Gasteiger partial charge is 0.506 e. The quantitative estimate of drug-likeness (QED) is 0.751. The summed E-state index contributed by atoms with van der Waals surface area (Å²) in [5.74, 6) is 1.03. The Bertz CT molecular complexity index is 405. The first kappa shape index (κ1) is 9.97. The Morgan fingerprint density at radius 1 is 1.38 bits per heavy atom. The first-order valence-electron chi connectivity index (χ1n) is 6.09. The highest BCUT2D eigenvalue weighted by Gasteiger charge is 2.37. The van der Waals surface area contributed by atoms with Crippen molar-refractivity contribution < 1.29 is 5.11 Å². The fourth-order valence-corrected chi connectivity index (χ4v) is 3.28. The number of phenolic OH excluding ortho intramolecular Hbond substituents is 1. The number of nitrogens with two attached hydrogens (primary N) is 1. The van der Waals surface area contributed by atoms with E-state index in [0.717, 1.165) is 31.6 Å². The maximum atomic E-state index is 9.99. The number of aromatic hydroxyl groups is 1. The number of aryl methyl sites for hydroxylation is 1. The second-order valence-electron chi connectivity index (χ2n) is 4.87. The van der Waals surface area contributed by atoms with Gasteiger partial charge >= 0.3 is 0 Å². The summed E-state index contributed by atoms with van der Waals surface area (Å²) in [6.07, 6.45) is 3.41. The molecule has 16 heavy (non-hydrogen) atoms. The lowest BCUT2D eigenvalue weighted by Crippen LogP contribution is -2.39. The molecule has 0 spiro atoms. The molecule has 86 valence electrons. The van der Waals surface area contributed by atoms with Gasteiger partial charge in [-0.15, -0.1) is 0 Å². The summed E-state index contributed by atoms with van der Waals surface area (Å²) in [5, 5.41) is 9.99. The molecule has 0 aromatic heterocycles. The SMILES string of the molecule is NCC1CCN2c3c(O)cccc3CCC12. The van der Waals surface area contributed by atoms with Gasteiger partial charge in [-0.1, -0.05) is 12.1 Å². The smallest absolute Gasteiger partial charge is 0.139 e. The van der Waals surface area contributed by atoms with Crippen LogP contribution in [0.25, 0.3) is 0 Å². The molecule has 2 unspecified atom stereocenters. The van der Waals surface area contributed by atoms with Crippen molar-refractivity contribution in [2.75, 3.05) is 18.0 Å². The summed E-state index contributed by atoms with van der Waals surface area (Å²) in [6, 6.07) is 6.40. The Morgan fingerprint density at radius 3 is 3.06 bits per heavy atom. The van der Waals surface area contributed by atoms with Crippen LogP contribution in [0.2, 0.25) is 0 Å². The first-order valence-corrected chi connectivity index (χ1v) is 6.09. The van der Waals surface area contributed by atoms with Gasteiger partial charge in [0, 0.05) is 12.6 Å². The van der Waals surface area contributed by atoms with Crippen LogP contribution in [-0.4, -0.2) is 24.2 Å². The van der Waals surface area contributed by atoms with Crippen LogP contribution in [0.3, 0.4) is 0 Å². The molecule has 2 aliphatic heterocycles. The van der Waals surface area contributed by atoms with Gasteiger partial charge < -0.3 is 15.7 Å². The monoisotopic (exact) mass is 218 g/mol. The van der Waals surface area contributed by atoms with Gasteiger partial charge in [-0.3, -0.25) is 0 Å². The fourth-order valence-electron chi connectivity index (χ4n) is 3.28. The van der Waals surface area contributed by atoms with Gasteiger partial charge in [0.25, 0.3) is 0 Å². The highest BCUT2D eigenvalue weighted by molar-refractivity contribution is 5.66. The van der Waals surface area contributed by atoms with E-state index in [2.05, 4.69) is 11.0 Å². The van der Waals surface area contributed by atoms with Crippen LogP contribution in [-0.2, 0) is 6.42 Å². The summed E-state index contributed by atoms with van der Waals surface area (Å²) >= 11 is 0. The molecule has 3 heteroatoms. The molecule has 3 rings (SSSR count). The summed E-state index contributed by atoms with van der Waals surface area (Å²) in [5.41, 5.74) is 8.16. The van der Waals surface area contributed by atoms with Gasteiger partial charge in [0.15, 0.2) is 0 Å². The van der Waals surface area contributed by atoms with E-state index in [9.17, 15) is 5.11 Å². The fraction of sp³-hybridized carbons (Fsp3) is 0.538. The van der Waals surface area contributed by atoms with Crippen LogP contribution in [0.15, 0.2) is 18.2 Å². The van der Waals surface area contributed by atoms with Crippen molar-refractivity contribution in [3.8, 4) is 5.75 Å². The minimum absolute atomic E-state index is 0.430. The molecule has 3 nitrogen and oxygen atoms in total. The third kappa shape index (κ3) is 1.31. The Hall–Kier alpha value is -1.22. The van der Waals surface area contributed by atoms with E-state index in [0.29, 0.717) is 17.7 Å². The van der Waals surface area contributed by atoms with Gasteiger partial charge in [0.2, 0.25) is 0 Å². The molecule has 2 atom stereocenters. The molecular formula is C13H18N2O. The number of hydrogen-bond acceptors (Lipinski definition) is 3. The standard InChI is InChI=1S/C13H18N2O/c14-8-10-6-7-15-11(10)5-4-9-2-1-3-12(16)13(9)15/h1-3,10-11,16H,4-8,14H2. The Kier molecular flexibility index (Phi) is 2.28. The average molecular weight is 218 g/mol. The summed E-state index contributed by atoms with van der Waals surface area (Å²) < 4.78 is 0. The molecule has 2 heterocycles. The molecule has 0 amide bonds. The van der Waals surface area contributed by atoms with E-state index in [-0.39, 0.29) is 0 Å². The first-order chi connectivity index (χ1) is 7.81. The van der Waals surface area contributed by atoms with Crippen molar-refractivity contribution in [1.29, 1.82) is 0 Å². The van der Waals surface area contributed by atoms with Gasteiger partial charge in [-0.25, -0.2) is 0 Å². The maximum Gasteiger partial charge on any atom is 0.139 e. The summed E-state index contributed by atoms with van der Waals surface area (Å²) in [6.45, 7) is 1.81. The van der Waals surface area contributed by atoms with E-state index in [1.54, 1.807) is 6.07 Å². The number of anilines is 1. The van der Waals surface area contributed by atoms with Gasteiger partial charge in [0.1, 0.15) is 5.75 Å². The molecule has 1 saturated heterocycles. The van der Waals surface area contributed by atoms with Crippen LogP contribution in [0, 0.1) is 5.92 Å². The zero-order valence-corrected chi connectivity index (χ0v) is 9.39. The van der Waals surface area contributed by atoms with E-state index in [1.807, 2.05) is 6.07 Å². The van der Waals surface area contributed by atoms with E-state index in [4.69, 9.17) is 5.73 Å². The predicted octanol–water partition coefficient (Wildman–Crippen LogP) is 1.49. The van der Waals surface area contributed by atoms with Crippen molar-refractivity contribution in [2.24, 2.45) is 11.7 Å². The van der Waals surface area contributed by atoms with Crippen LogP contribution in [0.5, 0.6) is 5.75 Å². The molecule has 0 saturated carbocycles. The highest BCUT2D eigenvalue weighted by atomic mass is 16.3. The summed E-state index contributed by atoms with van der Waals surface area (Å²) in [4.78, 5) is 2.37. The minimum Gasteiger partial charge on any atom is -0.506 e. The predicted molar refractivity (Wildman–Crippen MR) is 64.7 cm³/mol. The van der Waals surface area contributed by atoms with Crippen LogP contribution in [0.4, 0.5) is 5.69 Å². The molecule has 2 aliphatic rings. The minimum atomic E-state index is 0.430. The molecule has 3 N–H and O–H groups in total. The molecule has 1 aromatic carbocycles. The molecular weight excluding hydrogens is 200 g/mol. The van der Waals surface area contributed by atoms with Crippen molar-refractivity contribution in [2.45, 2.75) is 25.3 Å². The Balaban J connectivity index is 2.01. The second kappa shape index (κ2) is 3.67. The van der Waals surface area contributed by atoms with Crippen molar-refractivity contribution in [3.05, 3.63) is 23.8 Å². The number of phenols is 1. The highest BCUT2D eigenvalue weighted by Crippen LogP contribution is 2.43. The molecule has 0 aliphatic carbocycles. The second-order valence-corrected chi connectivity index (χ2v) is 4.87. The molecule has 1 aromatic rings. The lowest BCUT2D eigenvalue weighted by atomic mass is 9.90. The number of benzene rings is 1. The van der Waals surface area contributed by atoms with Crippen molar-refractivity contribution in [1.82, 2.24) is 0 Å². The number of fused-ring (bicyclic) bond motifs is 3. The van der Waals surface area contributed by atoms with Gasteiger partial charge in [-0.2, -0.15) is 0 Å². The lowest BCUT2D eigenvalue weighted by molar-refractivity contribution is 0.433. The lowest BCUT2D eigenvalue weighted by Gasteiger charge is -2.36. The molecule has 0 radical (unpaired) electrons. The van der Waals surface area contributed by atoms with E-state index < -0.39 is 0 Å². The van der Waals surface area contributed by atoms with Crippen molar-refractivity contribution >= 4 is 5.69 Å². The van der Waals surface area contributed by atoms with Crippen molar-refractivity contribution in [3.63, 3.8) is 0 Å². The number of para-hydroxylation sites is 1. The summed E-state index contributed by atoms with van der Waals surface area (Å²) in [7, 11) is 0. The van der Waals surface area contributed by atoms with Gasteiger partial charge in [-0.05, 0) is 43.4 Å². The zero-order chi connectivity index (χ0) is 11.1. The van der Waals surface area contributed by atoms with Crippen LogP contribution in [0.1, 0.15) is 18.4 Å². The zero-order valence-electron chi connectivity index (χ0n) is 9.39. The third-order valence-electron chi connectivity index (χ3n) is 4.08. The molecule has 1 fully saturated rings. The van der Waals surface area contributed by atoms with Gasteiger partial charge in [0.05, 0.1) is 5.69 Å². The average Bonchev–Trinajstić information content (AvgIpc) is 2.72. The van der Waals surface area contributed by atoms with E-state index in [1.165, 1.54) is 12.0 Å². The third-order valence-corrected chi connectivity index (χ3v) is 4.08. The van der Waals surface area contributed by atoms with Crippen LogP contribution >= 0.6 is 0 Å². The Morgan fingerprint density at radius 2 is 2.25 bits per heavy atom. The van der Waals surface area contributed by atoms with E-state index >= 15 is 0 Å². The maximum absolute atomic E-state index is 9.99. The number of hydrogen-bond donors (Lipinski definition) is 2. The normalized spacial score (nSPS) is 27.7. The molecule has 0 bridgehead atoms. The number of nitrogens with zero attached hydrogens (tertiary/aromatic N) is 1. The Labute approximate surface area is 95.9 Å². The van der Waals surface area contributed by atoms with Crippen LogP contribution < -0.4 is 10.6 Å². The topological polar surface area (TPSA) is 49.5 Å². The number of rotatable bonds is 1.